The lowest BCUT2D eigenvalue weighted by molar-refractivity contribution is -0.128. The molecule has 2 amide bonds. The van der Waals surface area contributed by atoms with E-state index in [2.05, 4.69) is 23.6 Å². The lowest BCUT2D eigenvalue weighted by Crippen LogP contribution is -2.22. The summed E-state index contributed by atoms with van der Waals surface area (Å²) in [6.07, 6.45) is 2.10. The SMILES string of the molecule is CCc1cccc(C)c1NCC(=O)Nc1ccc(CCC(=O)N(C)C)cc1. The molecule has 0 atom stereocenters. The summed E-state index contributed by atoms with van der Waals surface area (Å²) >= 11 is 0. The van der Waals surface area contributed by atoms with Gasteiger partial charge in [-0.15, -0.1) is 0 Å². The normalized spacial score (nSPS) is 10.4. The number of hydrogen-bond acceptors (Lipinski definition) is 3. The minimum Gasteiger partial charge on any atom is -0.376 e. The molecule has 0 unspecified atom stereocenters. The van der Waals surface area contributed by atoms with Crippen LogP contribution >= 0.6 is 0 Å². The van der Waals surface area contributed by atoms with Crippen molar-refractivity contribution in [2.24, 2.45) is 0 Å². The summed E-state index contributed by atoms with van der Waals surface area (Å²) in [5.41, 5.74) is 5.22. The third kappa shape index (κ3) is 6.13. The summed E-state index contributed by atoms with van der Waals surface area (Å²) < 4.78 is 0. The highest BCUT2D eigenvalue weighted by Crippen LogP contribution is 2.20. The molecule has 0 heterocycles. The zero-order valence-corrected chi connectivity index (χ0v) is 16.6. The first-order valence-corrected chi connectivity index (χ1v) is 9.32. The predicted octanol–water partition coefficient (Wildman–Crippen LogP) is 3.63. The second-order valence-corrected chi connectivity index (χ2v) is 6.85. The highest BCUT2D eigenvalue weighted by Gasteiger charge is 2.08. The summed E-state index contributed by atoms with van der Waals surface area (Å²) in [7, 11) is 3.52. The minimum absolute atomic E-state index is 0.0872. The van der Waals surface area contributed by atoms with Crippen molar-refractivity contribution in [3.05, 3.63) is 59.2 Å². The number of amides is 2. The minimum atomic E-state index is -0.0872. The topological polar surface area (TPSA) is 61.4 Å². The number of nitrogens with one attached hydrogen (secondary N) is 2. The lowest BCUT2D eigenvalue weighted by atomic mass is 10.1. The Morgan fingerprint density at radius 3 is 2.37 bits per heavy atom. The molecule has 2 N–H and O–H groups in total. The Bertz CT molecular complexity index is 783. The van der Waals surface area contributed by atoms with Crippen molar-refractivity contribution in [3.8, 4) is 0 Å². The molecule has 0 aliphatic carbocycles. The molecule has 0 saturated carbocycles. The van der Waals surface area contributed by atoms with E-state index in [-0.39, 0.29) is 18.4 Å². The third-order valence-electron chi connectivity index (χ3n) is 4.53. The molecule has 5 heteroatoms. The molecule has 5 nitrogen and oxygen atoms in total. The van der Waals surface area contributed by atoms with Crippen LogP contribution in [0.3, 0.4) is 0 Å². The largest absolute Gasteiger partial charge is 0.376 e. The molecule has 0 spiro atoms. The Morgan fingerprint density at radius 1 is 1.04 bits per heavy atom. The van der Waals surface area contributed by atoms with E-state index in [1.165, 1.54) is 5.56 Å². The van der Waals surface area contributed by atoms with Crippen LogP contribution in [0.15, 0.2) is 42.5 Å². The zero-order chi connectivity index (χ0) is 19.8. The number of carbonyl (C=O) groups is 2. The van der Waals surface area contributed by atoms with Gasteiger partial charge in [-0.05, 0) is 48.6 Å². The lowest BCUT2D eigenvalue weighted by Gasteiger charge is -2.14. The van der Waals surface area contributed by atoms with Gasteiger partial charge in [0.25, 0.3) is 0 Å². The molecule has 0 aliphatic heterocycles. The molecule has 0 saturated heterocycles. The first-order valence-electron chi connectivity index (χ1n) is 9.32. The predicted molar refractivity (Wildman–Crippen MR) is 111 cm³/mol. The van der Waals surface area contributed by atoms with Crippen LogP contribution in [0.1, 0.15) is 30.0 Å². The number of rotatable bonds is 8. The van der Waals surface area contributed by atoms with Gasteiger partial charge in [0.1, 0.15) is 0 Å². The maximum Gasteiger partial charge on any atom is 0.243 e. The van der Waals surface area contributed by atoms with E-state index in [1.54, 1.807) is 19.0 Å². The summed E-state index contributed by atoms with van der Waals surface area (Å²) in [5, 5.41) is 6.16. The summed E-state index contributed by atoms with van der Waals surface area (Å²) in [6, 6.07) is 13.8. The first-order chi connectivity index (χ1) is 12.9. The van der Waals surface area contributed by atoms with Crippen molar-refractivity contribution in [2.75, 3.05) is 31.3 Å². The number of carbonyl (C=O) groups excluding carboxylic acids is 2. The van der Waals surface area contributed by atoms with E-state index in [4.69, 9.17) is 0 Å². The van der Waals surface area contributed by atoms with E-state index in [9.17, 15) is 9.59 Å². The fourth-order valence-corrected chi connectivity index (χ4v) is 2.88. The Hall–Kier alpha value is -2.82. The van der Waals surface area contributed by atoms with E-state index in [0.717, 1.165) is 28.9 Å². The number of anilines is 2. The fraction of sp³-hybridized carbons (Fsp3) is 0.364. The van der Waals surface area contributed by atoms with Gasteiger partial charge in [-0.3, -0.25) is 9.59 Å². The van der Waals surface area contributed by atoms with Crippen molar-refractivity contribution in [1.82, 2.24) is 4.90 Å². The van der Waals surface area contributed by atoms with Crippen LogP contribution < -0.4 is 10.6 Å². The van der Waals surface area contributed by atoms with Crippen LogP contribution in [-0.2, 0) is 22.4 Å². The van der Waals surface area contributed by atoms with Crippen molar-refractivity contribution >= 4 is 23.2 Å². The Morgan fingerprint density at radius 2 is 1.74 bits per heavy atom. The number of aryl methyl sites for hydroxylation is 3. The number of para-hydroxylation sites is 1. The van der Waals surface area contributed by atoms with Crippen LogP contribution in [0.4, 0.5) is 11.4 Å². The highest BCUT2D eigenvalue weighted by atomic mass is 16.2. The van der Waals surface area contributed by atoms with Gasteiger partial charge in [0, 0.05) is 31.9 Å². The second kappa shape index (κ2) is 9.76. The molecule has 2 rings (SSSR count). The first kappa shape index (κ1) is 20.5. The van der Waals surface area contributed by atoms with Crippen LogP contribution in [0.25, 0.3) is 0 Å². The van der Waals surface area contributed by atoms with E-state index < -0.39 is 0 Å². The van der Waals surface area contributed by atoms with Gasteiger partial charge >= 0.3 is 0 Å². The molecule has 0 fully saturated rings. The quantitative estimate of drug-likeness (QED) is 0.749. The van der Waals surface area contributed by atoms with Gasteiger partial charge in [-0.1, -0.05) is 37.3 Å². The standard InChI is InChI=1S/C22H29N3O2/c1-5-18-8-6-7-16(2)22(18)23-15-20(26)24-19-12-9-17(10-13-19)11-14-21(27)25(3)4/h6-10,12-13,23H,5,11,14-15H2,1-4H3,(H,24,26). The molecule has 0 radical (unpaired) electrons. The average Bonchev–Trinajstić information content (AvgIpc) is 2.65. The van der Waals surface area contributed by atoms with Crippen LogP contribution in [0.5, 0.6) is 0 Å². The van der Waals surface area contributed by atoms with Crippen molar-refractivity contribution < 1.29 is 9.59 Å². The summed E-state index contributed by atoms with van der Waals surface area (Å²) in [5.74, 6) is 0.0250. The highest BCUT2D eigenvalue weighted by molar-refractivity contribution is 5.94. The van der Waals surface area contributed by atoms with Gasteiger partial charge in [0.2, 0.25) is 11.8 Å². The fourth-order valence-electron chi connectivity index (χ4n) is 2.88. The van der Waals surface area contributed by atoms with Gasteiger partial charge in [0.05, 0.1) is 6.54 Å². The molecule has 2 aromatic rings. The molecular weight excluding hydrogens is 338 g/mol. The van der Waals surface area contributed by atoms with E-state index >= 15 is 0 Å². The maximum atomic E-state index is 12.2. The molecule has 144 valence electrons. The number of hydrogen-bond donors (Lipinski definition) is 2. The van der Waals surface area contributed by atoms with Crippen molar-refractivity contribution in [1.29, 1.82) is 0 Å². The van der Waals surface area contributed by atoms with Gasteiger partial charge in [-0.2, -0.15) is 0 Å². The van der Waals surface area contributed by atoms with E-state index in [0.29, 0.717) is 12.8 Å². The molecule has 0 aliphatic rings. The summed E-state index contributed by atoms with van der Waals surface area (Å²) in [4.78, 5) is 25.5. The Labute approximate surface area is 161 Å². The smallest absolute Gasteiger partial charge is 0.243 e. The number of nitrogens with zero attached hydrogens (tertiary/aromatic N) is 1. The molecule has 0 aromatic heterocycles. The van der Waals surface area contributed by atoms with Crippen LogP contribution in [-0.4, -0.2) is 37.4 Å². The average molecular weight is 367 g/mol. The van der Waals surface area contributed by atoms with Crippen molar-refractivity contribution in [3.63, 3.8) is 0 Å². The zero-order valence-electron chi connectivity index (χ0n) is 16.6. The van der Waals surface area contributed by atoms with Crippen molar-refractivity contribution in [2.45, 2.75) is 33.1 Å². The molecule has 27 heavy (non-hydrogen) atoms. The monoisotopic (exact) mass is 367 g/mol. The van der Waals surface area contributed by atoms with Gasteiger partial charge in [0.15, 0.2) is 0 Å². The van der Waals surface area contributed by atoms with Gasteiger partial charge in [-0.25, -0.2) is 0 Å². The van der Waals surface area contributed by atoms with Crippen LogP contribution in [0, 0.1) is 6.92 Å². The Balaban J connectivity index is 1.86. The summed E-state index contributed by atoms with van der Waals surface area (Å²) in [6.45, 7) is 4.36. The second-order valence-electron chi connectivity index (χ2n) is 6.85. The maximum absolute atomic E-state index is 12.2. The molecule has 2 aromatic carbocycles. The molecule has 0 bridgehead atoms. The van der Waals surface area contributed by atoms with Crippen LogP contribution in [0.2, 0.25) is 0 Å². The van der Waals surface area contributed by atoms with E-state index in [1.807, 2.05) is 43.3 Å². The number of benzene rings is 2. The third-order valence-corrected chi connectivity index (χ3v) is 4.53. The molecular formula is C22H29N3O2. The van der Waals surface area contributed by atoms with Gasteiger partial charge < -0.3 is 15.5 Å². The Kier molecular flexibility index (Phi) is 7.41.